The summed E-state index contributed by atoms with van der Waals surface area (Å²) < 4.78 is 5.91. The Bertz CT molecular complexity index is 465. The molecule has 1 aromatic rings. The van der Waals surface area contributed by atoms with Crippen molar-refractivity contribution < 1.29 is 4.74 Å². The van der Waals surface area contributed by atoms with Crippen LogP contribution in [0.15, 0.2) is 6.33 Å². The van der Waals surface area contributed by atoms with E-state index in [-0.39, 0.29) is 0 Å². The molecule has 20 heavy (non-hydrogen) atoms. The summed E-state index contributed by atoms with van der Waals surface area (Å²) in [5, 5.41) is 3.21. The number of fused-ring (bicyclic) bond motifs is 1. The number of aromatic nitrogens is 2. The molecule has 0 aromatic carbocycles. The molecule has 2 aliphatic rings. The molecule has 0 spiro atoms. The molecule has 1 saturated carbocycles. The smallest absolute Gasteiger partial charge is 0.137 e. The van der Waals surface area contributed by atoms with Gasteiger partial charge in [0.15, 0.2) is 0 Å². The number of morpholine rings is 1. The average molecular weight is 276 g/mol. The lowest BCUT2D eigenvalue weighted by molar-refractivity contribution is 0.0252. The minimum Gasteiger partial charge on any atom is -0.374 e. The Labute approximate surface area is 120 Å². The Morgan fingerprint density at radius 2 is 2.30 bits per heavy atom. The first-order valence-corrected chi connectivity index (χ1v) is 7.75. The Morgan fingerprint density at radius 1 is 1.40 bits per heavy atom. The van der Waals surface area contributed by atoms with Crippen molar-refractivity contribution >= 4 is 11.6 Å². The van der Waals surface area contributed by atoms with E-state index in [4.69, 9.17) is 4.74 Å². The predicted octanol–water partition coefficient (Wildman–Crippen LogP) is 2.23. The van der Waals surface area contributed by atoms with Gasteiger partial charge in [-0.25, -0.2) is 9.97 Å². The maximum absolute atomic E-state index is 5.91. The third kappa shape index (κ3) is 2.35. The number of nitrogens with zero attached hydrogens (tertiary/aromatic N) is 3. The molecule has 0 bridgehead atoms. The number of ether oxygens (including phenoxy) is 1. The Kier molecular flexibility index (Phi) is 4.05. The van der Waals surface area contributed by atoms with Crippen molar-refractivity contribution in [1.82, 2.24) is 9.97 Å². The van der Waals surface area contributed by atoms with Crippen LogP contribution in [-0.2, 0) is 11.2 Å². The zero-order chi connectivity index (χ0) is 13.9. The summed E-state index contributed by atoms with van der Waals surface area (Å²) in [5.74, 6) is 2.09. The van der Waals surface area contributed by atoms with Gasteiger partial charge in [-0.1, -0.05) is 13.3 Å². The van der Waals surface area contributed by atoms with Crippen LogP contribution in [0.1, 0.15) is 38.2 Å². The van der Waals surface area contributed by atoms with Gasteiger partial charge in [-0.3, -0.25) is 0 Å². The Hall–Kier alpha value is -1.36. The Balaban J connectivity index is 1.95. The SMILES string of the molecule is CCCc1c(NC)ncnc1N1CCOC2CCCC21. The molecule has 5 heteroatoms. The van der Waals surface area contributed by atoms with Crippen molar-refractivity contribution in [3.05, 3.63) is 11.9 Å². The van der Waals surface area contributed by atoms with Crippen LogP contribution < -0.4 is 10.2 Å². The lowest BCUT2D eigenvalue weighted by atomic mass is 10.1. The number of hydrogen-bond donors (Lipinski definition) is 1. The molecule has 5 nitrogen and oxygen atoms in total. The number of rotatable bonds is 4. The van der Waals surface area contributed by atoms with Crippen LogP contribution in [0.25, 0.3) is 0 Å². The molecule has 0 amide bonds. The Morgan fingerprint density at radius 3 is 3.10 bits per heavy atom. The van der Waals surface area contributed by atoms with E-state index >= 15 is 0 Å². The van der Waals surface area contributed by atoms with Crippen molar-refractivity contribution in [2.75, 3.05) is 30.4 Å². The van der Waals surface area contributed by atoms with Gasteiger partial charge in [0, 0.05) is 19.2 Å². The van der Waals surface area contributed by atoms with Crippen molar-refractivity contribution in [3.8, 4) is 0 Å². The van der Waals surface area contributed by atoms with Crippen molar-refractivity contribution in [1.29, 1.82) is 0 Å². The maximum atomic E-state index is 5.91. The molecular weight excluding hydrogens is 252 g/mol. The highest BCUT2D eigenvalue weighted by Crippen LogP contribution is 2.35. The summed E-state index contributed by atoms with van der Waals surface area (Å²) in [6.45, 7) is 3.96. The average Bonchev–Trinajstić information content (AvgIpc) is 2.96. The van der Waals surface area contributed by atoms with Crippen LogP contribution in [0.2, 0.25) is 0 Å². The van der Waals surface area contributed by atoms with E-state index in [1.807, 2.05) is 7.05 Å². The molecule has 1 aliphatic carbocycles. The zero-order valence-corrected chi connectivity index (χ0v) is 12.4. The summed E-state index contributed by atoms with van der Waals surface area (Å²) >= 11 is 0. The predicted molar refractivity (Wildman–Crippen MR) is 80.3 cm³/mol. The monoisotopic (exact) mass is 276 g/mol. The van der Waals surface area contributed by atoms with Crippen LogP contribution in [0.3, 0.4) is 0 Å². The largest absolute Gasteiger partial charge is 0.374 e. The molecule has 2 heterocycles. The van der Waals surface area contributed by atoms with Gasteiger partial charge < -0.3 is 15.0 Å². The van der Waals surface area contributed by atoms with Crippen LogP contribution >= 0.6 is 0 Å². The molecule has 0 radical (unpaired) electrons. The molecule has 2 unspecified atom stereocenters. The minimum atomic E-state index is 0.395. The summed E-state index contributed by atoms with van der Waals surface area (Å²) in [7, 11) is 1.93. The van der Waals surface area contributed by atoms with E-state index in [1.165, 1.54) is 24.8 Å². The van der Waals surface area contributed by atoms with Crippen molar-refractivity contribution in [3.63, 3.8) is 0 Å². The van der Waals surface area contributed by atoms with Crippen LogP contribution in [-0.4, -0.2) is 42.3 Å². The second-order valence-electron chi connectivity index (χ2n) is 5.63. The second kappa shape index (κ2) is 5.95. The van der Waals surface area contributed by atoms with Crippen molar-refractivity contribution in [2.45, 2.75) is 51.2 Å². The third-order valence-corrected chi connectivity index (χ3v) is 4.41. The fourth-order valence-electron chi connectivity index (χ4n) is 3.53. The summed E-state index contributed by atoms with van der Waals surface area (Å²) in [6.07, 6.45) is 7.86. The highest BCUT2D eigenvalue weighted by atomic mass is 16.5. The number of nitrogens with one attached hydrogen (secondary N) is 1. The van der Waals surface area contributed by atoms with E-state index < -0.39 is 0 Å². The van der Waals surface area contributed by atoms with E-state index in [1.54, 1.807) is 6.33 Å². The van der Waals surface area contributed by atoms with E-state index in [0.29, 0.717) is 12.1 Å². The molecule has 1 N–H and O–H groups in total. The van der Waals surface area contributed by atoms with E-state index in [2.05, 4.69) is 27.1 Å². The first kappa shape index (κ1) is 13.6. The maximum Gasteiger partial charge on any atom is 0.137 e. The van der Waals surface area contributed by atoms with E-state index in [9.17, 15) is 0 Å². The van der Waals surface area contributed by atoms with E-state index in [0.717, 1.165) is 37.6 Å². The lowest BCUT2D eigenvalue weighted by Gasteiger charge is -2.39. The van der Waals surface area contributed by atoms with Crippen LogP contribution in [0, 0.1) is 0 Å². The third-order valence-electron chi connectivity index (χ3n) is 4.41. The molecule has 1 saturated heterocycles. The molecule has 1 aromatic heterocycles. The van der Waals surface area contributed by atoms with Gasteiger partial charge in [-0.15, -0.1) is 0 Å². The molecule has 3 rings (SSSR count). The number of anilines is 2. The van der Waals surface area contributed by atoms with Gasteiger partial charge in [0.2, 0.25) is 0 Å². The fraction of sp³-hybridized carbons (Fsp3) is 0.733. The topological polar surface area (TPSA) is 50.3 Å². The molecule has 2 fully saturated rings. The van der Waals surface area contributed by atoms with Crippen molar-refractivity contribution in [2.24, 2.45) is 0 Å². The van der Waals surface area contributed by atoms with Gasteiger partial charge in [-0.2, -0.15) is 0 Å². The first-order chi connectivity index (χ1) is 9.85. The van der Waals surface area contributed by atoms with Gasteiger partial charge in [-0.05, 0) is 25.7 Å². The normalized spacial score (nSPS) is 25.6. The van der Waals surface area contributed by atoms with Gasteiger partial charge >= 0.3 is 0 Å². The molecule has 2 atom stereocenters. The number of hydrogen-bond acceptors (Lipinski definition) is 5. The highest BCUT2D eigenvalue weighted by molar-refractivity contribution is 5.59. The lowest BCUT2D eigenvalue weighted by Crippen LogP contribution is -2.49. The van der Waals surface area contributed by atoms with Crippen LogP contribution in [0.4, 0.5) is 11.6 Å². The highest BCUT2D eigenvalue weighted by Gasteiger charge is 2.37. The summed E-state index contributed by atoms with van der Waals surface area (Å²) in [4.78, 5) is 11.5. The molecular formula is C15H24N4O. The van der Waals surface area contributed by atoms with Gasteiger partial charge in [0.25, 0.3) is 0 Å². The second-order valence-corrected chi connectivity index (χ2v) is 5.63. The minimum absolute atomic E-state index is 0.395. The fourth-order valence-corrected chi connectivity index (χ4v) is 3.53. The standard InChI is InChI=1S/C15H24N4O/c1-3-5-11-14(16-2)17-10-18-15(11)19-8-9-20-13-7-4-6-12(13)19/h10,12-13H,3-9H2,1-2H3,(H,16,17,18). The van der Waals surface area contributed by atoms with Crippen LogP contribution in [0.5, 0.6) is 0 Å². The quantitative estimate of drug-likeness (QED) is 0.914. The van der Waals surface area contributed by atoms with Gasteiger partial charge in [0.05, 0.1) is 18.8 Å². The summed E-state index contributed by atoms with van der Waals surface area (Å²) in [6, 6.07) is 0.499. The first-order valence-electron chi connectivity index (χ1n) is 7.75. The molecule has 110 valence electrons. The zero-order valence-electron chi connectivity index (χ0n) is 12.4. The summed E-state index contributed by atoms with van der Waals surface area (Å²) in [5.41, 5.74) is 1.25. The molecule has 1 aliphatic heterocycles. The van der Waals surface area contributed by atoms with Gasteiger partial charge in [0.1, 0.15) is 18.0 Å².